The summed E-state index contributed by atoms with van der Waals surface area (Å²) in [6, 6.07) is 23.4. The van der Waals surface area contributed by atoms with Crippen LogP contribution in [0.25, 0.3) is 6.08 Å². The Morgan fingerprint density at radius 2 is 1.74 bits per heavy atom. The quantitative estimate of drug-likeness (QED) is 0.312. The van der Waals surface area contributed by atoms with Crippen molar-refractivity contribution in [2.75, 3.05) is 4.90 Å². The number of carbonyl (C=O) groups is 1. The molecule has 1 heterocycles. The zero-order valence-corrected chi connectivity index (χ0v) is 21.8. The molecule has 5 rings (SSSR count). The summed E-state index contributed by atoms with van der Waals surface area (Å²) in [4.78, 5) is 23.7. The molecular weight excluding hydrogens is 496 g/mol. The largest absolute Gasteiger partial charge is 0.269 e. The van der Waals surface area contributed by atoms with E-state index in [1.54, 1.807) is 36.7 Å². The van der Waals surface area contributed by atoms with Gasteiger partial charge in [-0.1, -0.05) is 55.5 Å². The van der Waals surface area contributed by atoms with E-state index < -0.39 is 16.1 Å². The van der Waals surface area contributed by atoms with Gasteiger partial charge < -0.3 is 0 Å². The predicted octanol–water partition coefficient (Wildman–Crippen LogP) is 5.38. The first-order valence-electron chi connectivity index (χ1n) is 12.5. The van der Waals surface area contributed by atoms with E-state index in [-0.39, 0.29) is 16.8 Å². The number of nitrogens with zero attached hydrogens (tertiary/aromatic N) is 3. The molecule has 192 valence electrons. The van der Waals surface area contributed by atoms with Crippen LogP contribution in [0.5, 0.6) is 0 Å². The number of aromatic nitrogens is 2. The monoisotopic (exact) mass is 524 g/mol. The van der Waals surface area contributed by atoms with Crippen molar-refractivity contribution in [2.45, 2.75) is 37.1 Å². The Kier molecular flexibility index (Phi) is 7.44. The minimum atomic E-state index is -3.72. The van der Waals surface area contributed by atoms with Crippen LogP contribution in [0.15, 0.2) is 102 Å². The number of rotatable bonds is 8. The Balaban J connectivity index is 1.45. The zero-order chi connectivity index (χ0) is 26.5. The lowest BCUT2D eigenvalue weighted by atomic mass is 10.1. The second-order valence-electron chi connectivity index (χ2n) is 9.06. The number of benzene rings is 3. The first-order chi connectivity index (χ1) is 18.4. The number of fused-ring (bicyclic) bond motifs is 1. The molecule has 4 aromatic rings. The Bertz CT molecular complexity index is 1550. The van der Waals surface area contributed by atoms with Crippen LogP contribution < -0.4 is 9.62 Å². The average molecular weight is 525 g/mol. The van der Waals surface area contributed by atoms with Crippen LogP contribution in [0.4, 0.5) is 11.6 Å². The summed E-state index contributed by atoms with van der Waals surface area (Å²) in [5.41, 5.74) is 4.43. The highest BCUT2D eigenvalue weighted by Gasteiger charge is 2.29. The lowest BCUT2D eigenvalue weighted by molar-refractivity contribution is -0.113. The van der Waals surface area contributed by atoms with Crippen molar-refractivity contribution >= 4 is 33.6 Å². The van der Waals surface area contributed by atoms with Crippen LogP contribution in [0, 0.1) is 0 Å². The smallest absolute Gasteiger partial charge is 0.257 e. The molecule has 0 saturated carbocycles. The van der Waals surface area contributed by atoms with Crippen molar-refractivity contribution in [2.24, 2.45) is 0 Å². The summed E-state index contributed by atoms with van der Waals surface area (Å²) in [5, 5.41) is 0. The van der Waals surface area contributed by atoms with Gasteiger partial charge in [0.15, 0.2) is 0 Å². The van der Waals surface area contributed by atoms with Gasteiger partial charge in [0.25, 0.3) is 5.91 Å². The molecule has 0 aliphatic heterocycles. The van der Waals surface area contributed by atoms with E-state index in [1.165, 1.54) is 11.0 Å². The first-order valence-corrected chi connectivity index (χ1v) is 14.0. The van der Waals surface area contributed by atoms with Crippen molar-refractivity contribution in [3.8, 4) is 0 Å². The van der Waals surface area contributed by atoms with Gasteiger partial charge in [-0.25, -0.2) is 28.0 Å². The van der Waals surface area contributed by atoms with E-state index in [4.69, 9.17) is 0 Å². The fourth-order valence-electron chi connectivity index (χ4n) is 4.57. The predicted molar refractivity (Wildman–Crippen MR) is 148 cm³/mol. The maximum absolute atomic E-state index is 13.4. The van der Waals surface area contributed by atoms with Crippen molar-refractivity contribution in [3.05, 3.63) is 120 Å². The first kappa shape index (κ1) is 25.5. The lowest BCUT2D eigenvalue weighted by Gasteiger charge is -2.21. The van der Waals surface area contributed by atoms with Gasteiger partial charge in [-0.15, -0.1) is 0 Å². The van der Waals surface area contributed by atoms with E-state index >= 15 is 0 Å². The minimum Gasteiger partial charge on any atom is -0.269 e. The number of hydrogen-bond donors (Lipinski definition) is 1. The summed E-state index contributed by atoms with van der Waals surface area (Å²) in [7, 11) is -3.72. The Hall–Kier alpha value is -4.14. The molecule has 3 aromatic carbocycles. The number of amides is 1. The van der Waals surface area contributed by atoms with Gasteiger partial charge in [-0.2, -0.15) is 0 Å². The van der Waals surface area contributed by atoms with E-state index in [1.807, 2.05) is 67.6 Å². The van der Waals surface area contributed by atoms with Crippen molar-refractivity contribution in [3.63, 3.8) is 0 Å². The van der Waals surface area contributed by atoms with E-state index in [2.05, 4.69) is 14.7 Å². The minimum absolute atomic E-state index is 0.236. The second-order valence-corrected chi connectivity index (χ2v) is 10.8. The third-order valence-electron chi connectivity index (χ3n) is 6.60. The van der Waals surface area contributed by atoms with Crippen LogP contribution in [-0.4, -0.2) is 24.3 Å². The highest BCUT2D eigenvalue weighted by atomic mass is 32.2. The number of anilines is 2. The molecule has 38 heavy (non-hydrogen) atoms. The fraction of sp³-hybridized carbons (Fsp3) is 0.167. The zero-order valence-electron chi connectivity index (χ0n) is 21.0. The standard InChI is InChI=1S/C30H28N4O3S/c1-2-22-9-15-26(16-10-22)38(36,37)33-28-17-13-24-12-14-25(21-27(24)28)34(30-31-19-6-20-32-30)29(35)18-11-23-7-4-3-5-8-23/h3-12,14-16,18-21,28,33H,2,13,17H2,1H3. The molecular formula is C30H28N4O3S. The SMILES string of the molecule is CCc1ccc(S(=O)(=O)NC2CCc3ccc(N(C(=O)C=Cc4ccccc4)c4ncccn4)cc32)cc1. The molecule has 1 N–H and O–H groups in total. The summed E-state index contributed by atoms with van der Waals surface area (Å²) >= 11 is 0. The lowest BCUT2D eigenvalue weighted by Crippen LogP contribution is -2.28. The molecule has 0 saturated heterocycles. The van der Waals surface area contributed by atoms with Crippen LogP contribution in [0.1, 0.15) is 41.6 Å². The number of aryl methyl sites for hydroxylation is 2. The molecule has 1 atom stereocenters. The van der Waals surface area contributed by atoms with Crippen LogP contribution in [-0.2, 0) is 27.7 Å². The molecule has 0 bridgehead atoms. The Morgan fingerprint density at radius 3 is 2.45 bits per heavy atom. The normalized spacial score (nSPS) is 14.9. The van der Waals surface area contributed by atoms with Gasteiger partial charge >= 0.3 is 0 Å². The Morgan fingerprint density at radius 1 is 1.00 bits per heavy atom. The molecule has 0 spiro atoms. The molecule has 1 aliphatic rings. The number of sulfonamides is 1. The summed E-state index contributed by atoms with van der Waals surface area (Å²) < 4.78 is 29.2. The molecule has 1 aliphatic carbocycles. The van der Waals surface area contributed by atoms with Gasteiger partial charge in [-0.3, -0.25) is 4.79 Å². The van der Waals surface area contributed by atoms with Gasteiger partial charge in [-0.05, 0) is 77.9 Å². The summed E-state index contributed by atoms with van der Waals surface area (Å²) in [6.45, 7) is 2.03. The molecule has 8 heteroatoms. The average Bonchev–Trinajstić information content (AvgIpc) is 3.34. The van der Waals surface area contributed by atoms with Crippen molar-refractivity contribution in [1.29, 1.82) is 0 Å². The molecule has 1 unspecified atom stereocenters. The third kappa shape index (κ3) is 5.56. The summed E-state index contributed by atoms with van der Waals surface area (Å²) in [6.07, 6.45) is 8.60. The molecule has 1 amide bonds. The summed E-state index contributed by atoms with van der Waals surface area (Å²) in [5.74, 6) is -0.0764. The van der Waals surface area contributed by atoms with Crippen molar-refractivity contribution < 1.29 is 13.2 Å². The van der Waals surface area contributed by atoms with E-state index in [9.17, 15) is 13.2 Å². The number of nitrogens with one attached hydrogen (secondary N) is 1. The molecule has 0 fully saturated rings. The fourth-order valence-corrected chi connectivity index (χ4v) is 5.81. The topological polar surface area (TPSA) is 92.3 Å². The van der Waals surface area contributed by atoms with Gasteiger partial charge in [0.1, 0.15) is 0 Å². The van der Waals surface area contributed by atoms with Gasteiger partial charge in [0.2, 0.25) is 16.0 Å². The van der Waals surface area contributed by atoms with Gasteiger partial charge in [0, 0.05) is 24.5 Å². The van der Waals surface area contributed by atoms with Crippen molar-refractivity contribution in [1.82, 2.24) is 14.7 Å². The van der Waals surface area contributed by atoms with E-state index in [0.29, 0.717) is 12.1 Å². The number of carbonyl (C=O) groups excluding carboxylic acids is 1. The van der Waals surface area contributed by atoms with Gasteiger partial charge in [0.05, 0.1) is 10.6 Å². The Labute approximate surface area is 222 Å². The highest BCUT2D eigenvalue weighted by molar-refractivity contribution is 7.89. The number of hydrogen-bond acceptors (Lipinski definition) is 5. The third-order valence-corrected chi connectivity index (χ3v) is 8.08. The second kappa shape index (κ2) is 11.1. The molecule has 1 aromatic heterocycles. The molecule has 0 radical (unpaired) electrons. The van der Waals surface area contributed by atoms with Crippen LogP contribution in [0.3, 0.4) is 0 Å². The maximum Gasteiger partial charge on any atom is 0.257 e. The maximum atomic E-state index is 13.4. The van der Waals surface area contributed by atoms with E-state index in [0.717, 1.165) is 35.1 Å². The van der Waals surface area contributed by atoms with Crippen LogP contribution in [0.2, 0.25) is 0 Å². The highest BCUT2D eigenvalue weighted by Crippen LogP contribution is 2.36. The molecule has 7 nitrogen and oxygen atoms in total. The van der Waals surface area contributed by atoms with Crippen LogP contribution >= 0.6 is 0 Å².